The summed E-state index contributed by atoms with van der Waals surface area (Å²) in [7, 11) is 0. The normalized spacial score (nSPS) is 12.3. The van der Waals surface area contributed by atoms with Gasteiger partial charge in [-0.15, -0.1) is 0 Å². The lowest BCUT2D eigenvalue weighted by Crippen LogP contribution is -2.30. The highest BCUT2D eigenvalue weighted by Crippen LogP contribution is 2.18. The zero-order chi connectivity index (χ0) is 56.4. The van der Waals surface area contributed by atoms with Gasteiger partial charge < -0.3 is 14.2 Å². The van der Waals surface area contributed by atoms with Crippen molar-refractivity contribution >= 4 is 17.9 Å². The molecule has 1 unspecified atom stereocenters. The van der Waals surface area contributed by atoms with E-state index in [1.54, 1.807) is 0 Å². The first-order valence-corrected chi connectivity index (χ1v) is 34.6. The Morgan fingerprint density at radius 3 is 0.756 bits per heavy atom. The fourth-order valence-electron chi connectivity index (χ4n) is 10.3. The summed E-state index contributed by atoms with van der Waals surface area (Å²) in [6.45, 7) is 6.63. The van der Waals surface area contributed by atoms with Gasteiger partial charge in [-0.25, -0.2) is 0 Å². The van der Waals surface area contributed by atoms with Gasteiger partial charge in [0.1, 0.15) is 13.2 Å². The number of carbonyl (C=O) groups excluding carboxylic acids is 3. The average Bonchev–Trinajstić information content (AvgIpc) is 3.44. The van der Waals surface area contributed by atoms with Crippen molar-refractivity contribution in [1.82, 2.24) is 0 Å². The molecule has 0 spiro atoms. The first-order valence-electron chi connectivity index (χ1n) is 34.6. The number of allylic oxidation sites excluding steroid dienone is 8. The van der Waals surface area contributed by atoms with Crippen LogP contribution in [-0.4, -0.2) is 37.2 Å². The molecule has 0 radical (unpaired) electrons. The van der Waals surface area contributed by atoms with Gasteiger partial charge in [-0.1, -0.05) is 307 Å². The molecule has 0 saturated carbocycles. The Balaban J connectivity index is 4.15. The number of carbonyl (C=O) groups is 3. The van der Waals surface area contributed by atoms with Gasteiger partial charge in [0.15, 0.2) is 6.10 Å². The number of hydrogen-bond acceptors (Lipinski definition) is 6. The van der Waals surface area contributed by atoms with Crippen molar-refractivity contribution in [3.63, 3.8) is 0 Å². The summed E-state index contributed by atoms with van der Waals surface area (Å²) >= 11 is 0. The van der Waals surface area contributed by atoms with Crippen LogP contribution in [0.15, 0.2) is 48.6 Å². The molecule has 6 heteroatoms. The fourth-order valence-corrected chi connectivity index (χ4v) is 10.3. The Morgan fingerprint density at radius 1 is 0.256 bits per heavy atom. The Labute approximate surface area is 486 Å². The fraction of sp³-hybridized carbons (Fsp3) is 0.847. The van der Waals surface area contributed by atoms with Crippen LogP contribution >= 0.6 is 0 Å². The third-order valence-electron chi connectivity index (χ3n) is 15.5. The van der Waals surface area contributed by atoms with Crippen molar-refractivity contribution < 1.29 is 28.6 Å². The van der Waals surface area contributed by atoms with Crippen LogP contribution in [0.3, 0.4) is 0 Å². The van der Waals surface area contributed by atoms with Gasteiger partial charge in [-0.05, 0) is 96.3 Å². The lowest BCUT2D eigenvalue weighted by Gasteiger charge is -2.18. The third kappa shape index (κ3) is 64.2. The second-order valence-electron chi connectivity index (χ2n) is 23.4. The molecule has 0 saturated heterocycles. The summed E-state index contributed by atoms with van der Waals surface area (Å²) in [4.78, 5) is 38.3. The average molecular weight is 1090 g/mol. The molecule has 456 valence electrons. The van der Waals surface area contributed by atoms with E-state index in [1.165, 1.54) is 250 Å². The first kappa shape index (κ1) is 75.4. The molecule has 0 bridgehead atoms. The van der Waals surface area contributed by atoms with Crippen LogP contribution in [0.1, 0.15) is 374 Å². The largest absolute Gasteiger partial charge is 0.462 e. The van der Waals surface area contributed by atoms with Gasteiger partial charge in [-0.2, -0.15) is 0 Å². The summed E-state index contributed by atoms with van der Waals surface area (Å²) in [5.41, 5.74) is 0. The molecule has 0 aliphatic rings. The van der Waals surface area contributed by atoms with Crippen molar-refractivity contribution in [1.29, 1.82) is 0 Å². The Bertz CT molecular complexity index is 1350. The summed E-state index contributed by atoms with van der Waals surface area (Å²) in [5, 5.41) is 0. The second-order valence-corrected chi connectivity index (χ2v) is 23.4. The Hall–Kier alpha value is -2.63. The minimum atomic E-state index is -0.782. The monoisotopic (exact) mass is 1090 g/mol. The minimum absolute atomic E-state index is 0.0775. The summed E-state index contributed by atoms with van der Waals surface area (Å²) in [6, 6.07) is 0. The highest BCUT2D eigenvalue weighted by Gasteiger charge is 2.19. The van der Waals surface area contributed by atoms with Gasteiger partial charge in [0.2, 0.25) is 0 Å². The Morgan fingerprint density at radius 2 is 0.474 bits per heavy atom. The molecule has 0 amide bonds. The minimum Gasteiger partial charge on any atom is -0.462 e. The van der Waals surface area contributed by atoms with Crippen LogP contribution < -0.4 is 0 Å². The van der Waals surface area contributed by atoms with Crippen molar-refractivity contribution in [3.8, 4) is 0 Å². The van der Waals surface area contributed by atoms with E-state index in [1.807, 2.05) is 0 Å². The summed E-state index contributed by atoms with van der Waals surface area (Å²) in [5.74, 6) is -0.879. The molecule has 0 aliphatic carbocycles. The van der Waals surface area contributed by atoms with Crippen LogP contribution in [-0.2, 0) is 28.6 Å². The molecule has 0 aromatic rings. The van der Waals surface area contributed by atoms with Gasteiger partial charge >= 0.3 is 17.9 Å². The number of ether oxygens (including phenoxy) is 3. The van der Waals surface area contributed by atoms with E-state index in [-0.39, 0.29) is 31.1 Å². The zero-order valence-corrected chi connectivity index (χ0v) is 52.5. The highest BCUT2D eigenvalue weighted by atomic mass is 16.6. The molecule has 0 N–H and O–H groups in total. The number of rotatable bonds is 64. The van der Waals surface area contributed by atoms with Crippen molar-refractivity contribution in [2.75, 3.05) is 13.2 Å². The molecule has 0 aliphatic heterocycles. The predicted octanol–water partition coefficient (Wildman–Crippen LogP) is 23.7. The van der Waals surface area contributed by atoms with E-state index < -0.39 is 6.10 Å². The van der Waals surface area contributed by atoms with Gasteiger partial charge in [-0.3, -0.25) is 14.4 Å². The van der Waals surface area contributed by atoms with E-state index in [0.29, 0.717) is 19.3 Å². The molecular weight excluding hydrogens is 961 g/mol. The van der Waals surface area contributed by atoms with Crippen LogP contribution in [0.5, 0.6) is 0 Å². The number of esters is 3. The lowest BCUT2D eigenvalue weighted by molar-refractivity contribution is -0.167. The maximum absolute atomic E-state index is 12.9. The first-order chi connectivity index (χ1) is 38.5. The number of hydrogen-bond donors (Lipinski definition) is 0. The van der Waals surface area contributed by atoms with Crippen LogP contribution in [0.2, 0.25) is 0 Å². The van der Waals surface area contributed by atoms with E-state index in [0.717, 1.165) is 83.5 Å². The Kier molecular flexibility index (Phi) is 64.6. The van der Waals surface area contributed by atoms with E-state index in [9.17, 15) is 14.4 Å². The topological polar surface area (TPSA) is 78.9 Å². The lowest BCUT2D eigenvalue weighted by atomic mass is 10.0. The third-order valence-corrected chi connectivity index (χ3v) is 15.5. The SMILES string of the molecule is CCCC/C=C\C/C=C\CCCCCCCC(=O)OCC(COC(=O)CCCCCCCCCCCCCCCCCCCCC/C=C\CCCCCCCCCC)OC(=O)CCCCCCC/C=C\CCCCCCCC. The standard InChI is InChI=1S/C72H132O6/c1-4-7-10-13-16-19-22-25-28-29-30-31-32-33-34-35-36-37-38-39-40-41-42-43-45-47-50-53-56-59-62-65-71(74)77-68-69(67-76-70(73)64-61-58-55-52-49-46-27-24-21-18-15-12-9-6-3)78-72(75)66-63-60-57-54-51-48-44-26-23-20-17-14-11-8-5-2/h15,18,24,26-27,29-30,44,69H,4-14,16-17,19-23,25,28,31-43,45-68H2,1-3H3/b18-15-,27-24-,30-29-,44-26-. The second kappa shape index (κ2) is 66.9. The van der Waals surface area contributed by atoms with Crippen molar-refractivity contribution in [3.05, 3.63) is 48.6 Å². The molecular formula is C72H132O6. The number of unbranched alkanes of at least 4 members (excludes halogenated alkanes) is 45. The van der Waals surface area contributed by atoms with E-state index in [4.69, 9.17) is 14.2 Å². The molecule has 0 fully saturated rings. The molecule has 0 aromatic carbocycles. The molecule has 78 heavy (non-hydrogen) atoms. The zero-order valence-electron chi connectivity index (χ0n) is 52.5. The maximum Gasteiger partial charge on any atom is 0.306 e. The summed E-state index contributed by atoms with van der Waals surface area (Å²) in [6.07, 6.45) is 84.3. The molecule has 0 aromatic heterocycles. The van der Waals surface area contributed by atoms with Gasteiger partial charge in [0.05, 0.1) is 0 Å². The van der Waals surface area contributed by atoms with E-state index in [2.05, 4.69) is 69.4 Å². The van der Waals surface area contributed by atoms with Crippen LogP contribution in [0.25, 0.3) is 0 Å². The quantitative estimate of drug-likeness (QED) is 0.0261. The molecule has 0 heterocycles. The smallest absolute Gasteiger partial charge is 0.306 e. The van der Waals surface area contributed by atoms with Crippen molar-refractivity contribution in [2.45, 2.75) is 380 Å². The van der Waals surface area contributed by atoms with Gasteiger partial charge in [0.25, 0.3) is 0 Å². The predicted molar refractivity (Wildman–Crippen MR) is 339 cm³/mol. The highest BCUT2D eigenvalue weighted by molar-refractivity contribution is 5.71. The summed E-state index contributed by atoms with van der Waals surface area (Å²) < 4.78 is 16.9. The van der Waals surface area contributed by atoms with Gasteiger partial charge in [0, 0.05) is 19.3 Å². The van der Waals surface area contributed by atoms with E-state index >= 15 is 0 Å². The van der Waals surface area contributed by atoms with Crippen molar-refractivity contribution in [2.24, 2.45) is 0 Å². The molecule has 1 atom stereocenters. The van der Waals surface area contributed by atoms with Crippen LogP contribution in [0.4, 0.5) is 0 Å². The van der Waals surface area contributed by atoms with Crippen LogP contribution in [0, 0.1) is 0 Å². The molecule has 6 nitrogen and oxygen atoms in total. The molecule has 0 rings (SSSR count). The maximum atomic E-state index is 12.9.